The molecule has 2 saturated carbocycles. The van der Waals surface area contributed by atoms with E-state index in [2.05, 4.69) is 5.32 Å². The van der Waals surface area contributed by atoms with E-state index < -0.39 is 0 Å². The van der Waals surface area contributed by atoms with Crippen molar-refractivity contribution in [1.82, 2.24) is 5.32 Å². The molecule has 3 rings (SSSR count). The van der Waals surface area contributed by atoms with Gasteiger partial charge in [-0.1, -0.05) is 18.6 Å². The standard InChI is InChI=1S/C19H22N2O2/c1-12(18-10-14-5-6-15(18)7-14)21-19(23)16(11-20)8-13-3-2-4-17(22)9-13/h2-4,8-9,12,14-15,18,22H,5-7,10H2,1H3,(H,21,23)/b16-8+. The summed E-state index contributed by atoms with van der Waals surface area (Å²) in [5.41, 5.74) is 0.717. The molecule has 120 valence electrons. The number of nitrogens with one attached hydrogen (secondary N) is 1. The van der Waals surface area contributed by atoms with Gasteiger partial charge in [0.15, 0.2) is 0 Å². The Morgan fingerprint density at radius 3 is 2.87 bits per heavy atom. The Kier molecular flexibility index (Phi) is 4.38. The van der Waals surface area contributed by atoms with Gasteiger partial charge in [0.2, 0.25) is 0 Å². The van der Waals surface area contributed by atoms with Crippen LogP contribution in [0.1, 0.15) is 38.2 Å². The zero-order chi connectivity index (χ0) is 16.4. The second kappa shape index (κ2) is 6.45. The predicted molar refractivity (Wildman–Crippen MR) is 88.2 cm³/mol. The van der Waals surface area contributed by atoms with Gasteiger partial charge in [-0.05, 0) is 67.7 Å². The number of rotatable bonds is 4. The van der Waals surface area contributed by atoms with Gasteiger partial charge in [0.1, 0.15) is 17.4 Å². The lowest BCUT2D eigenvalue weighted by Gasteiger charge is -2.28. The highest BCUT2D eigenvalue weighted by atomic mass is 16.3. The van der Waals surface area contributed by atoms with Gasteiger partial charge >= 0.3 is 0 Å². The Bertz CT molecular complexity index is 674. The molecule has 4 heteroatoms. The van der Waals surface area contributed by atoms with Crippen molar-refractivity contribution in [2.24, 2.45) is 17.8 Å². The van der Waals surface area contributed by atoms with Crippen LogP contribution in [0.25, 0.3) is 6.08 Å². The molecule has 0 aromatic heterocycles. The van der Waals surface area contributed by atoms with Gasteiger partial charge in [0, 0.05) is 6.04 Å². The third-order valence-corrected chi connectivity index (χ3v) is 5.34. The van der Waals surface area contributed by atoms with Crippen LogP contribution in [0.15, 0.2) is 29.8 Å². The number of amides is 1. The molecule has 1 aromatic rings. The number of hydrogen-bond donors (Lipinski definition) is 2. The number of benzene rings is 1. The van der Waals surface area contributed by atoms with Crippen LogP contribution in [-0.2, 0) is 4.79 Å². The first-order valence-corrected chi connectivity index (χ1v) is 8.28. The summed E-state index contributed by atoms with van der Waals surface area (Å²) in [6.45, 7) is 2.05. The van der Waals surface area contributed by atoms with Crippen LogP contribution in [0.3, 0.4) is 0 Å². The molecular weight excluding hydrogens is 288 g/mol. The number of phenols is 1. The van der Waals surface area contributed by atoms with Crippen LogP contribution in [-0.4, -0.2) is 17.1 Å². The van der Waals surface area contributed by atoms with E-state index in [1.165, 1.54) is 37.8 Å². The SMILES string of the molecule is CC(NC(=O)/C(C#N)=C/c1cccc(O)c1)C1CC2CCC1C2. The summed E-state index contributed by atoms with van der Waals surface area (Å²) >= 11 is 0. The molecule has 0 heterocycles. The highest BCUT2D eigenvalue weighted by Gasteiger charge is 2.42. The zero-order valence-electron chi connectivity index (χ0n) is 13.3. The molecule has 0 radical (unpaired) electrons. The van der Waals surface area contributed by atoms with E-state index in [4.69, 9.17) is 0 Å². The summed E-state index contributed by atoms with van der Waals surface area (Å²) in [7, 11) is 0. The van der Waals surface area contributed by atoms with Crippen LogP contribution >= 0.6 is 0 Å². The molecule has 4 atom stereocenters. The van der Waals surface area contributed by atoms with Crippen molar-refractivity contribution in [2.75, 3.05) is 0 Å². The normalized spacial score (nSPS) is 27.5. The van der Waals surface area contributed by atoms with E-state index in [1.807, 2.05) is 13.0 Å². The fraction of sp³-hybridized carbons (Fsp3) is 0.474. The molecule has 2 N–H and O–H groups in total. The molecule has 2 fully saturated rings. The van der Waals surface area contributed by atoms with Gasteiger partial charge in [-0.2, -0.15) is 5.26 Å². The number of nitrogens with zero attached hydrogens (tertiary/aromatic N) is 1. The third-order valence-electron chi connectivity index (χ3n) is 5.34. The van der Waals surface area contributed by atoms with Gasteiger partial charge in [-0.25, -0.2) is 0 Å². The Balaban J connectivity index is 1.67. The Morgan fingerprint density at radius 2 is 2.26 bits per heavy atom. The van der Waals surface area contributed by atoms with Gasteiger partial charge in [-0.15, -0.1) is 0 Å². The zero-order valence-corrected chi connectivity index (χ0v) is 13.3. The summed E-state index contributed by atoms with van der Waals surface area (Å²) < 4.78 is 0. The second-order valence-corrected chi connectivity index (χ2v) is 6.87. The number of aromatic hydroxyl groups is 1. The topological polar surface area (TPSA) is 73.1 Å². The Hall–Kier alpha value is -2.28. The van der Waals surface area contributed by atoms with Crippen LogP contribution in [0.4, 0.5) is 0 Å². The molecule has 1 amide bonds. The summed E-state index contributed by atoms with van der Waals surface area (Å²) in [6.07, 6.45) is 6.63. The van der Waals surface area contributed by atoms with E-state index in [9.17, 15) is 15.2 Å². The smallest absolute Gasteiger partial charge is 0.262 e. The summed E-state index contributed by atoms with van der Waals surface area (Å²) in [5.74, 6) is 1.90. The first kappa shape index (κ1) is 15.6. The molecule has 2 aliphatic carbocycles. The van der Waals surface area contributed by atoms with Crippen LogP contribution in [0.5, 0.6) is 5.75 Å². The molecule has 0 aliphatic heterocycles. The minimum Gasteiger partial charge on any atom is -0.508 e. The largest absolute Gasteiger partial charge is 0.508 e. The maximum absolute atomic E-state index is 12.4. The number of carbonyl (C=O) groups excluding carboxylic acids is 1. The lowest BCUT2D eigenvalue weighted by molar-refractivity contribution is -0.118. The van der Waals surface area contributed by atoms with Crippen molar-refractivity contribution >= 4 is 12.0 Å². The molecule has 1 aromatic carbocycles. The number of fused-ring (bicyclic) bond motifs is 2. The number of hydrogen-bond acceptors (Lipinski definition) is 3. The predicted octanol–water partition coefficient (Wildman–Crippen LogP) is 3.24. The van der Waals surface area contributed by atoms with Crippen LogP contribution < -0.4 is 5.32 Å². The Morgan fingerprint density at radius 1 is 1.43 bits per heavy atom. The highest BCUT2D eigenvalue weighted by molar-refractivity contribution is 6.01. The molecule has 4 unspecified atom stereocenters. The van der Waals surface area contributed by atoms with Crippen molar-refractivity contribution in [1.29, 1.82) is 5.26 Å². The number of phenolic OH excluding ortho intramolecular Hbond substituents is 1. The lowest BCUT2D eigenvalue weighted by atomic mass is 9.84. The van der Waals surface area contributed by atoms with E-state index >= 15 is 0 Å². The second-order valence-electron chi connectivity index (χ2n) is 6.87. The highest BCUT2D eigenvalue weighted by Crippen LogP contribution is 2.49. The minimum absolute atomic E-state index is 0.0746. The average Bonchev–Trinajstić information content (AvgIpc) is 3.15. The van der Waals surface area contributed by atoms with E-state index in [0.29, 0.717) is 11.5 Å². The van der Waals surface area contributed by atoms with Crippen LogP contribution in [0.2, 0.25) is 0 Å². The minimum atomic E-state index is -0.328. The molecule has 4 nitrogen and oxygen atoms in total. The first-order chi connectivity index (χ1) is 11.1. The molecule has 2 aliphatic rings. The first-order valence-electron chi connectivity index (χ1n) is 8.28. The van der Waals surface area contributed by atoms with Gasteiger partial charge in [-0.3, -0.25) is 4.79 Å². The maximum Gasteiger partial charge on any atom is 0.262 e. The summed E-state index contributed by atoms with van der Waals surface area (Å²) in [4.78, 5) is 12.4. The van der Waals surface area contributed by atoms with E-state index in [0.717, 1.165) is 11.8 Å². The molecule has 0 saturated heterocycles. The molecule has 23 heavy (non-hydrogen) atoms. The molecule has 2 bridgehead atoms. The third kappa shape index (κ3) is 3.39. The number of carbonyl (C=O) groups is 1. The van der Waals surface area contributed by atoms with Crippen molar-refractivity contribution in [3.05, 3.63) is 35.4 Å². The van der Waals surface area contributed by atoms with E-state index in [1.54, 1.807) is 18.2 Å². The number of nitriles is 1. The van der Waals surface area contributed by atoms with Crippen molar-refractivity contribution in [3.63, 3.8) is 0 Å². The lowest BCUT2D eigenvalue weighted by Crippen LogP contribution is -2.40. The van der Waals surface area contributed by atoms with Crippen molar-refractivity contribution in [3.8, 4) is 11.8 Å². The Labute approximate surface area is 136 Å². The monoisotopic (exact) mass is 310 g/mol. The quantitative estimate of drug-likeness (QED) is 0.662. The van der Waals surface area contributed by atoms with Gasteiger partial charge < -0.3 is 10.4 Å². The fourth-order valence-corrected chi connectivity index (χ4v) is 4.23. The molecular formula is C19H22N2O2. The van der Waals surface area contributed by atoms with Crippen molar-refractivity contribution in [2.45, 2.75) is 38.6 Å². The molecule has 0 spiro atoms. The maximum atomic E-state index is 12.4. The van der Waals surface area contributed by atoms with Gasteiger partial charge in [0.25, 0.3) is 5.91 Å². The summed E-state index contributed by atoms with van der Waals surface area (Å²) in [6, 6.07) is 8.59. The summed E-state index contributed by atoms with van der Waals surface area (Å²) in [5, 5.41) is 21.7. The van der Waals surface area contributed by atoms with Gasteiger partial charge in [0.05, 0.1) is 0 Å². The average molecular weight is 310 g/mol. The van der Waals surface area contributed by atoms with Crippen LogP contribution in [0, 0.1) is 29.1 Å². The van der Waals surface area contributed by atoms with Crippen molar-refractivity contribution < 1.29 is 9.90 Å². The van der Waals surface area contributed by atoms with E-state index in [-0.39, 0.29) is 23.3 Å². The fourth-order valence-electron chi connectivity index (χ4n) is 4.23.